The van der Waals surface area contributed by atoms with Gasteiger partial charge in [-0.25, -0.2) is 9.36 Å². The number of nitrogens with zero attached hydrogens (tertiary/aromatic N) is 1. The monoisotopic (exact) mass is 540 g/mol. The van der Waals surface area contributed by atoms with Crippen LogP contribution in [-0.2, 0) is 48.8 Å². The normalized spacial score (nSPS) is 24.7. The van der Waals surface area contributed by atoms with E-state index in [0.29, 0.717) is 0 Å². The summed E-state index contributed by atoms with van der Waals surface area (Å²) >= 11 is 0. The van der Waals surface area contributed by atoms with Gasteiger partial charge in [-0.3, -0.25) is 28.3 Å². The predicted octanol–water partition coefficient (Wildman–Crippen LogP) is 1.31. The second-order valence-corrected chi connectivity index (χ2v) is 9.85. The number of amides is 3. The summed E-state index contributed by atoms with van der Waals surface area (Å²) in [5.74, 6) is -2.16. The molecule has 1 aliphatic carbocycles. The molecule has 0 aromatic heterocycles. The van der Waals surface area contributed by atoms with Gasteiger partial charge >= 0.3 is 14.0 Å². The Labute approximate surface area is 213 Å². The molecule has 1 fully saturated rings. The fourth-order valence-corrected chi connectivity index (χ4v) is 4.80. The maximum absolute atomic E-state index is 12.6. The molecule has 3 amide bonds. The lowest BCUT2D eigenvalue weighted by molar-refractivity contribution is -0.137. The Kier molecular flexibility index (Phi) is 9.95. The zero-order valence-corrected chi connectivity index (χ0v) is 21.2. The van der Waals surface area contributed by atoms with Crippen LogP contribution >= 0.6 is 7.82 Å². The van der Waals surface area contributed by atoms with Gasteiger partial charge < -0.3 is 24.4 Å². The van der Waals surface area contributed by atoms with Crippen molar-refractivity contribution in [2.75, 3.05) is 27.4 Å². The van der Waals surface area contributed by atoms with E-state index < -0.39 is 55.9 Å². The van der Waals surface area contributed by atoms with Crippen LogP contribution in [0.3, 0.4) is 0 Å². The van der Waals surface area contributed by atoms with Gasteiger partial charge in [0.15, 0.2) is 0 Å². The van der Waals surface area contributed by atoms with Crippen molar-refractivity contribution in [1.82, 2.24) is 10.2 Å². The SMILES string of the molecule is COC1[C@@H](NC(=O)CCN2C(=O)C=CC2=O)C[C@H](COC(=O)OCc2ccccc2)[C@@H]1OP(=O)(O)OC. The van der Waals surface area contributed by atoms with E-state index in [1.165, 1.54) is 7.11 Å². The first-order valence-electron chi connectivity index (χ1n) is 11.4. The van der Waals surface area contributed by atoms with E-state index in [1.807, 2.05) is 6.07 Å². The number of phosphoric ester groups is 1. The van der Waals surface area contributed by atoms with Gasteiger partial charge in [0.05, 0.1) is 6.04 Å². The third-order valence-corrected chi connectivity index (χ3v) is 6.89. The minimum atomic E-state index is -4.47. The molecule has 3 rings (SSSR count). The number of carbonyl (C=O) groups is 4. The summed E-state index contributed by atoms with van der Waals surface area (Å²) in [5.41, 5.74) is 0.762. The van der Waals surface area contributed by atoms with Gasteiger partial charge in [0, 0.05) is 45.3 Å². The highest BCUT2D eigenvalue weighted by Crippen LogP contribution is 2.48. The highest BCUT2D eigenvalue weighted by Gasteiger charge is 2.48. The Morgan fingerprint density at radius 3 is 2.38 bits per heavy atom. The largest absolute Gasteiger partial charge is 0.508 e. The maximum atomic E-state index is 12.6. The Morgan fingerprint density at radius 1 is 1.08 bits per heavy atom. The molecule has 1 aromatic rings. The number of nitrogens with one attached hydrogen (secondary N) is 1. The molecule has 14 heteroatoms. The molecule has 0 radical (unpaired) electrons. The van der Waals surface area contributed by atoms with Gasteiger partial charge in [0.2, 0.25) is 5.91 Å². The van der Waals surface area contributed by atoms with Crippen molar-refractivity contribution in [2.45, 2.75) is 37.7 Å². The van der Waals surface area contributed by atoms with E-state index in [-0.39, 0.29) is 32.6 Å². The van der Waals surface area contributed by atoms with Crippen molar-refractivity contribution in [2.24, 2.45) is 5.92 Å². The average molecular weight is 540 g/mol. The average Bonchev–Trinajstić information content (AvgIpc) is 3.37. The molecular weight excluding hydrogens is 511 g/mol. The molecule has 0 spiro atoms. The number of benzene rings is 1. The van der Waals surface area contributed by atoms with Crippen LogP contribution in [0.2, 0.25) is 0 Å². The predicted molar refractivity (Wildman–Crippen MR) is 126 cm³/mol. The van der Waals surface area contributed by atoms with Crippen molar-refractivity contribution in [3.8, 4) is 0 Å². The molecule has 1 saturated carbocycles. The summed E-state index contributed by atoms with van der Waals surface area (Å²) in [6, 6.07) is 8.28. The Hall–Kier alpha value is -3.09. The van der Waals surface area contributed by atoms with Crippen molar-refractivity contribution >= 4 is 31.7 Å². The van der Waals surface area contributed by atoms with Crippen molar-refractivity contribution in [3.63, 3.8) is 0 Å². The lowest BCUT2D eigenvalue weighted by Gasteiger charge is -2.27. The number of imide groups is 1. The molecule has 2 N–H and O–H groups in total. The van der Waals surface area contributed by atoms with E-state index in [1.54, 1.807) is 24.3 Å². The van der Waals surface area contributed by atoms with E-state index in [2.05, 4.69) is 9.84 Å². The molecule has 1 heterocycles. The van der Waals surface area contributed by atoms with Gasteiger partial charge in [0.25, 0.3) is 11.8 Å². The van der Waals surface area contributed by atoms with Crippen LogP contribution in [0.15, 0.2) is 42.5 Å². The highest BCUT2D eigenvalue weighted by atomic mass is 31.2. The molecule has 37 heavy (non-hydrogen) atoms. The minimum absolute atomic E-state index is 0.00327. The summed E-state index contributed by atoms with van der Waals surface area (Å²) in [7, 11) is -2.13. The second kappa shape index (κ2) is 12.9. The number of hydrogen-bond acceptors (Lipinski definition) is 10. The fraction of sp³-hybridized carbons (Fsp3) is 0.478. The standard InChI is InChI=1S/C23H29N2O11P/c1-32-22-17(24-18(26)10-11-25-19(27)8-9-20(25)28)12-16(21(22)36-37(30,31)33-2)14-35-23(29)34-13-15-6-4-3-5-7-15/h3-9,16-17,21-22H,10-14H2,1-2H3,(H,24,26)(H,30,31)/t16-,17+,21+,22?/m1/s1. The van der Waals surface area contributed by atoms with Crippen LogP contribution in [0, 0.1) is 5.92 Å². The summed E-state index contributed by atoms with van der Waals surface area (Å²) in [6.45, 7) is -0.372. The van der Waals surface area contributed by atoms with Crippen LogP contribution in [0.1, 0.15) is 18.4 Å². The van der Waals surface area contributed by atoms with Crippen LogP contribution in [0.4, 0.5) is 4.79 Å². The third kappa shape index (κ3) is 7.94. The molecule has 0 saturated heterocycles. The zero-order chi connectivity index (χ0) is 27.0. The van der Waals surface area contributed by atoms with E-state index in [4.69, 9.17) is 18.7 Å². The second-order valence-electron chi connectivity index (χ2n) is 8.34. The van der Waals surface area contributed by atoms with E-state index in [9.17, 15) is 28.6 Å². The summed E-state index contributed by atoms with van der Waals surface area (Å²) in [5, 5.41) is 2.73. The molecule has 1 aliphatic heterocycles. The molecule has 2 unspecified atom stereocenters. The van der Waals surface area contributed by atoms with Gasteiger partial charge in [0.1, 0.15) is 25.4 Å². The number of hydrogen-bond donors (Lipinski definition) is 2. The smallest absolute Gasteiger partial charge is 0.434 e. The van der Waals surface area contributed by atoms with Gasteiger partial charge in [-0.2, -0.15) is 0 Å². The van der Waals surface area contributed by atoms with Gasteiger partial charge in [-0.05, 0) is 12.0 Å². The lowest BCUT2D eigenvalue weighted by atomic mass is 10.1. The number of methoxy groups -OCH3 is 1. The fourth-order valence-electron chi connectivity index (χ4n) is 4.11. The molecule has 13 nitrogen and oxygen atoms in total. The molecule has 202 valence electrons. The Morgan fingerprint density at radius 2 is 1.76 bits per heavy atom. The van der Waals surface area contributed by atoms with Crippen molar-refractivity contribution < 1.29 is 51.9 Å². The molecule has 0 bridgehead atoms. The maximum Gasteiger partial charge on any atom is 0.508 e. The number of ether oxygens (including phenoxy) is 3. The zero-order valence-electron chi connectivity index (χ0n) is 20.3. The molecular formula is C23H29N2O11P. The number of rotatable bonds is 12. The molecule has 1 aromatic carbocycles. The lowest BCUT2D eigenvalue weighted by Crippen LogP contribution is -2.45. The first-order chi connectivity index (χ1) is 17.6. The van der Waals surface area contributed by atoms with Crippen molar-refractivity contribution in [1.29, 1.82) is 0 Å². The van der Waals surface area contributed by atoms with E-state index >= 15 is 0 Å². The summed E-state index contributed by atoms with van der Waals surface area (Å²) in [4.78, 5) is 58.9. The van der Waals surface area contributed by atoms with Crippen LogP contribution in [-0.4, -0.2) is 79.3 Å². The van der Waals surface area contributed by atoms with E-state index in [0.717, 1.165) is 29.7 Å². The van der Waals surface area contributed by atoms with Gasteiger partial charge in [-0.15, -0.1) is 0 Å². The highest BCUT2D eigenvalue weighted by molar-refractivity contribution is 7.47. The molecule has 2 aliphatic rings. The minimum Gasteiger partial charge on any atom is -0.434 e. The first kappa shape index (κ1) is 28.5. The number of phosphoric acid groups is 1. The van der Waals surface area contributed by atoms with Crippen LogP contribution < -0.4 is 5.32 Å². The van der Waals surface area contributed by atoms with Crippen LogP contribution in [0.5, 0.6) is 0 Å². The Balaban J connectivity index is 1.60. The first-order valence-corrected chi connectivity index (χ1v) is 12.9. The summed E-state index contributed by atoms with van der Waals surface area (Å²) < 4.78 is 37.7. The third-order valence-electron chi connectivity index (χ3n) is 5.92. The quantitative estimate of drug-likeness (QED) is 0.223. The number of carbonyl (C=O) groups excluding carboxylic acids is 4. The van der Waals surface area contributed by atoms with Gasteiger partial charge in [-0.1, -0.05) is 30.3 Å². The topological polar surface area (TPSA) is 167 Å². The Bertz CT molecular complexity index is 1050. The van der Waals surface area contributed by atoms with Crippen LogP contribution in [0.25, 0.3) is 0 Å². The van der Waals surface area contributed by atoms with Crippen molar-refractivity contribution in [3.05, 3.63) is 48.0 Å². The summed E-state index contributed by atoms with van der Waals surface area (Å²) in [6.07, 6.45) is -0.688. The molecule has 5 atom stereocenters.